The van der Waals surface area contributed by atoms with E-state index < -0.39 is 23.5 Å². The van der Waals surface area contributed by atoms with Crippen LogP contribution in [0.3, 0.4) is 0 Å². The van der Waals surface area contributed by atoms with E-state index in [1.54, 1.807) is 30.3 Å². The first kappa shape index (κ1) is 26.3. The highest BCUT2D eigenvalue weighted by Gasteiger charge is 2.30. The minimum absolute atomic E-state index is 0. The topological polar surface area (TPSA) is 26.0 Å². The van der Waals surface area contributed by atoms with Crippen molar-refractivity contribution in [1.29, 1.82) is 0 Å². The molecule has 0 spiro atoms. The van der Waals surface area contributed by atoms with Gasteiger partial charge in [0.1, 0.15) is 0 Å². The Morgan fingerprint density at radius 1 is 0.727 bits per heavy atom. The van der Waals surface area contributed by atoms with Gasteiger partial charge in [0.2, 0.25) is 5.69 Å². The Bertz CT molecular complexity index is 1100. The summed E-state index contributed by atoms with van der Waals surface area (Å²) in [7, 11) is 0. The standard InChI is InChI=1S/C23H15ClF6N2.ClH/c24-18-7-1-15(2-8-18)21(32-20-11-5-17(6-12-20)23(28,29)30)13-14-31-19-9-3-16(4-10-19)22(25,26)27;/h1-14,32H;1H/b21-13+,31-14?;. The number of anilines is 1. The summed E-state index contributed by atoms with van der Waals surface area (Å²) in [4.78, 5) is 2.87. The minimum Gasteiger partial charge on any atom is -1.00 e. The molecule has 2 N–H and O–H groups in total. The second-order valence-corrected chi connectivity index (χ2v) is 7.11. The lowest BCUT2D eigenvalue weighted by Crippen LogP contribution is -3.00. The van der Waals surface area contributed by atoms with Crippen molar-refractivity contribution in [1.82, 2.24) is 0 Å². The second kappa shape index (κ2) is 10.8. The van der Waals surface area contributed by atoms with E-state index in [0.29, 0.717) is 27.7 Å². The zero-order chi connectivity index (χ0) is 23.4. The molecule has 0 saturated heterocycles. The van der Waals surface area contributed by atoms with Crippen LogP contribution < -0.4 is 22.7 Å². The number of halogens is 8. The van der Waals surface area contributed by atoms with Gasteiger partial charge in [0.05, 0.1) is 16.8 Å². The monoisotopic (exact) mass is 504 g/mol. The molecule has 0 fully saturated rings. The zero-order valence-corrected chi connectivity index (χ0v) is 18.1. The van der Waals surface area contributed by atoms with E-state index in [-0.39, 0.29) is 12.4 Å². The number of rotatable bonds is 5. The highest BCUT2D eigenvalue weighted by Crippen LogP contribution is 2.31. The molecule has 33 heavy (non-hydrogen) atoms. The van der Waals surface area contributed by atoms with Crippen molar-refractivity contribution < 1.29 is 43.7 Å². The maximum atomic E-state index is 12.8. The van der Waals surface area contributed by atoms with Crippen LogP contribution in [0.1, 0.15) is 16.7 Å². The van der Waals surface area contributed by atoms with Crippen molar-refractivity contribution in [3.63, 3.8) is 0 Å². The summed E-state index contributed by atoms with van der Waals surface area (Å²) in [6, 6.07) is 15.8. The van der Waals surface area contributed by atoms with Gasteiger partial charge in [-0.3, -0.25) is 0 Å². The molecular weight excluding hydrogens is 489 g/mol. The Labute approximate surface area is 197 Å². The lowest BCUT2D eigenvalue weighted by molar-refractivity contribution is -0.346. The van der Waals surface area contributed by atoms with Crippen LogP contribution in [0.15, 0.2) is 78.9 Å². The summed E-state index contributed by atoms with van der Waals surface area (Å²) in [5, 5.41) is 3.55. The highest BCUT2D eigenvalue weighted by atomic mass is 35.5. The van der Waals surface area contributed by atoms with E-state index in [2.05, 4.69) is 10.3 Å². The minimum atomic E-state index is -4.44. The summed E-state index contributed by atoms with van der Waals surface area (Å²) in [6.45, 7) is 0. The molecule has 3 aromatic carbocycles. The van der Waals surface area contributed by atoms with E-state index in [9.17, 15) is 26.3 Å². The molecular formula is C23H16Cl2F6N2. The lowest BCUT2D eigenvalue weighted by atomic mass is 10.1. The predicted molar refractivity (Wildman–Crippen MR) is 113 cm³/mol. The van der Waals surface area contributed by atoms with Crippen molar-refractivity contribution in [3.8, 4) is 0 Å². The maximum absolute atomic E-state index is 12.8. The average molecular weight is 505 g/mol. The fraction of sp³-hybridized carbons (Fsp3) is 0.0870. The first-order valence-corrected chi connectivity index (χ1v) is 9.58. The molecule has 0 heterocycles. The van der Waals surface area contributed by atoms with Crippen molar-refractivity contribution in [3.05, 3.63) is 101 Å². The van der Waals surface area contributed by atoms with E-state index >= 15 is 0 Å². The van der Waals surface area contributed by atoms with E-state index in [1.165, 1.54) is 30.5 Å². The predicted octanol–water partition coefficient (Wildman–Crippen LogP) is 3.32. The molecule has 0 aliphatic carbocycles. The summed E-state index contributed by atoms with van der Waals surface area (Å²) < 4.78 is 76.4. The average Bonchev–Trinajstić information content (AvgIpc) is 2.73. The van der Waals surface area contributed by atoms with Gasteiger partial charge in [0.15, 0.2) is 6.21 Å². The zero-order valence-electron chi connectivity index (χ0n) is 16.6. The number of allylic oxidation sites excluding steroid dienone is 1. The van der Waals surface area contributed by atoms with Gasteiger partial charge in [-0.05, 0) is 54.1 Å². The van der Waals surface area contributed by atoms with Crippen molar-refractivity contribution in [2.45, 2.75) is 12.4 Å². The van der Waals surface area contributed by atoms with Gasteiger partial charge in [0, 0.05) is 28.9 Å². The fourth-order valence-electron chi connectivity index (χ4n) is 2.71. The maximum Gasteiger partial charge on any atom is 0.416 e. The molecule has 0 aromatic heterocycles. The Morgan fingerprint density at radius 3 is 1.70 bits per heavy atom. The molecule has 0 unspecified atom stereocenters. The van der Waals surface area contributed by atoms with Crippen molar-refractivity contribution in [2.24, 2.45) is 0 Å². The Kier molecular flexibility index (Phi) is 8.57. The molecule has 0 aliphatic rings. The van der Waals surface area contributed by atoms with Crippen LogP contribution >= 0.6 is 11.6 Å². The third-order valence-corrected chi connectivity index (χ3v) is 4.61. The molecule has 174 valence electrons. The van der Waals surface area contributed by atoms with Crippen LogP contribution in [0.5, 0.6) is 0 Å². The lowest BCUT2D eigenvalue weighted by Gasteiger charge is -2.12. The molecule has 0 saturated carbocycles. The first-order valence-electron chi connectivity index (χ1n) is 9.20. The van der Waals surface area contributed by atoms with Gasteiger partial charge in [-0.15, -0.1) is 0 Å². The largest absolute Gasteiger partial charge is 1.00 e. The number of alkyl halides is 6. The quantitative estimate of drug-likeness (QED) is 0.404. The van der Waals surface area contributed by atoms with Crippen LogP contribution in [0, 0.1) is 0 Å². The van der Waals surface area contributed by atoms with Gasteiger partial charge >= 0.3 is 12.4 Å². The van der Waals surface area contributed by atoms with Crippen LogP contribution in [0.25, 0.3) is 5.70 Å². The summed E-state index contributed by atoms with van der Waals surface area (Å²) in [5.74, 6) is 0. The van der Waals surface area contributed by atoms with E-state index in [1.807, 2.05) is 0 Å². The third kappa shape index (κ3) is 7.54. The molecule has 0 bridgehead atoms. The van der Waals surface area contributed by atoms with Crippen molar-refractivity contribution in [2.75, 3.05) is 5.32 Å². The molecule has 0 amide bonds. The SMILES string of the molecule is FC(F)(F)c1ccc(N/C(=C/C=[NH+]c2ccc(C(F)(F)F)cc2)c2ccc(Cl)cc2)cc1.[Cl-]. The fourth-order valence-corrected chi connectivity index (χ4v) is 2.84. The van der Waals surface area contributed by atoms with Gasteiger partial charge in [-0.2, -0.15) is 26.3 Å². The Morgan fingerprint density at radius 2 is 1.21 bits per heavy atom. The van der Waals surface area contributed by atoms with E-state index in [0.717, 1.165) is 24.3 Å². The number of nitrogens with one attached hydrogen (secondary N) is 2. The molecule has 0 atom stereocenters. The molecule has 0 aliphatic heterocycles. The smallest absolute Gasteiger partial charge is 0.416 e. The summed E-state index contributed by atoms with van der Waals surface area (Å²) in [5.41, 5.74) is 0.544. The molecule has 3 rings (SSSR count). The van der Waals surface area contributed by atoms with Gasteiger partial charge in [-0.25, -0.2) is 4.99 Å². The van der Waals surface area contributed by atoms with Crippen LogP contribution in [-0.2, 0) is 12.4 Å². The molecule has 2 nitrogen and oxygen atoms in total. The Hall–Kier alpha value is -2.97. The third-order valence-electron chi connectivity index (χ3n) is 4.36. The van der Waals surface area contributed by atoms with Gasteiger partial charge in [-0.1, -0.05) is 23.7 Å². The number of hydrogen-bond donors (Lipinski definition) is 2. The summed E-state index contributed by atoms with van der Waals surface area (Å²) >= 11 is 5.92. The van der Waals surface area contributed by atoms with Crippen LogP contribution in [0.4, 0.5) is 37.7 Å². The number of benzene rings is 3. The number of hydrogen-bond acceptors (Lipinski definition) is 1. The Balaban J connectivity index is 0.00000385. The highest BCUT2D eigenvalue weighted by molar-refractivity contribution is 6.30. The molecule has 10 heteroatoms. The second-order valence-electron chi connectivity index (χ2n) is 6.67. The van der Waals surface area contributed by atoms with Crippen molar-refractivity contribution >= 4 is 34.9 Å². The van der Waals surface area contributed by atoms with Gasteiger partial charge in [0.25, 0.3) is 0 Å². The van der Waals surface area contributed by atoms with Crippen LogP contribution in [-0.4, -0.2) is 6.21 Å². The van der Waals surface area contributed by atoms with E-state index in [4.69, 9.17) is 11.6 Å². The van der Waals surface area contributed by atoms with Gasteiger partial charge < -0.3 is 17.7 Å². The molecule has 0 radical (unpaired) electrons. The normalized spacial score (nSPS) is 12.5. The molecule has 3 aromatic rings. The first-order chi connectivity index (χ1) is 15.0. The summed E-state index contributed by atoms with van der Waals surface area (Å²) in [6.07, 6.45) is -5.75. The van der Waals surface area contributed by atoms with Crippen LogP contribution in [0.2, 0.25) is 5.02 Å².